The van der Waals surface area contributed by atoms with E-state index < -0.39 is 4.92 Å². The minimum absolute atomic E-state index is 0.0387. The number of aryl methyl sites for hydroxylation is 1. The lowest BCUT2D eigenvalue weighted by molar-refractivity contribution is -0.384. The van der Waals surface area contributed by atoms with Crippen LogP contribution in [0.15, 0.2) is 30.5 Å². The van der Waals surface area contributed by atoms with E-state index in [9.17, 15) is 10.1 Å². The van der Waals surface area contributed by atoms with Gasteiger partial charge in [-0.15, -0.1) is 0 Å². The highest BCUT2D eigenvalue weighted by atomic mass is 16.6. The van der Waals surface area contributed by atoms with E-state index in [-0.39, 0.29) is 5.69 Å². The van der Waals surface area contributed by atoms with Gasteiger partial charge in [-0.2, -0.15) is 5.10 Å². The van der Waals surface area contributed by atoms with E-state index in [0.29, 0.717) is 17.9 Å². The second kappa shape index (κ2) is 7.04. The van der Waals surface area contributed by atoms with Crippen LogP contribution in [0.2, 0.25) is 0 Å². The van der Waals surface area contributed by atoms with Gasteiger partial charge < -0.3 is 9.64 Å². The molecule has 0 saturated heterocycles. The Balaban J connectivity index is 2.25. The first-order chi connectivity index (χ1) is 10.5. The standard InChI is InChI=1S/C15H20N4O3/c1-17(2)9-4-10-22-15-6-5-12(19(20)21)11-13(15)14-7-8-16-18(14)3/h5-8,11H,4,9-10H2,1-3H3. The number of hydrogen-bond acceptors (Lipinski definition) is 5. The largest absolute Gasteiger partial charge is 0.493 e. The molecule has 22 heavy (non-hydrogen) atoms. The van der Waals surface area contributed by atoms with E-state index in [0.717, 1.165) is 18.7 Å². The van der Waals surface area contributed by atoms with Crippen LogP contribution in [0.1, 0.15) is 6.42 Å². The van der Waals surface area contributed by atoms with Crippen molar-refractivity contribution in [3.63, 3.8) is 0 Å². The molecule has 0 fully saturated rings. The second-order valence-corrected chi connectivity index (χ2v) is 5.28. The van der Waals surface area contributed by atoms with Crippen LogP contribution in [-0.4, -0.2) is 46.9 Å². The van der Waals surface area contributed by atoms with Gasteiger partial charge in [0, 0.05) is 37.5 Å². The number of nitrogens with zero attached hydrogens (tertiary/aromatic N) is 4. The highest BCUT2D eigenvalue weighted by Crippen LogP contribution is 2.33. The molecule has 1 aromatic heterocycles. The van der Waals surface area contributed by atoms with E-state index in [2.05, 4.69) is 10.00 Å². The molecular formula is C15H20N4O3. The average molecular weight is 304 g/mol. The summed E-state index contributed by atoms with van der Waals surface area (Å²) in [7, 11) is 5.81. The zero-order valence-electron chi connectivity index (χ0n) is 13.0. The van der Waals surface area contributed by atoms with Gasteiger partial charge in [-0.3, -0.25) is 14.8 Å². The van der Waals surface area contributed by atoms with Crippen LogP contribution in [0.4, 0.5) is 5.69 Å². The predicted molar refractivity (Wildman–Crippen MR) is 84.0 cm³/mol. The van der Waals surface area contributed by atoms with E-state index in [1.807, 2.05) is 20.2 Å². The molecule has 2 rings (SSSR count). The molecule has 0 aliphatic rings. The van der Waals surface area contributed by atoms with Crippen molar-refractivity contribution in [2.24, 2.45) is 7.05 Å². The maximum Gasteiger partial charge on any atom is 0.270 e. The highest BCUT2D eigenvalue weighted by Gasteiger charge is 2.15. The molecule has 0 amide bonds. The second-order valence-electron chi connectivity index (χ2n) is 5.28. The van der Waals surface area contributed by atoms with Gasteiger partial charge in [0.05, 0.1) is 17.2 Å². The Morgan fingerprint density at radius 2 is 2.14 bits per heavy atom. The summed E-state index contributed by atoms with van der Waals surface area (Å²) in [6.07, 6.45) is 2.54. The highest BCUT2D eigenvalue weighted by molar-refractivity contribution is 5.70. The molecule has 0 spiro atoms. The third-order valence-corrected chi connectivity index (χ3v) is 3.28. The predicted octanol–water partition coefficient (Wildman–Crippen LogP) is 2.33. The number of hydrogen-bond donors (Lipinski definition) is 0. The number of rotatable bonds is 7. The van der Waals surface area contributed by atoms with Crippen molar-refractivity contribution in [1.82, 2.24) is 14.7 Å². The number of ether oxygens (including phenoxy) is 1. The molecule has 0 unspecified atom stereocenters. The maximum atomic E-state index is 11.0. The van der Waals surface area contributed by atoms with Crippen molar-refractivity contribution in [2.75, 3.05) is 27.2 Å². The van der Waals surface area contributed by atoms with Crippen molar-refractivity contribution in [3.05, 3.63) is 40.6 Å². The van der Waals surface area contributed by atoms with Crippen molar-refractivity contribution in [1.29, 1.82) is 0 Å². The van der Waals surface area contributed by atoms with Crippen LogP contribution in [0.5, 0.6) is 5.75 Å². The van der Waals surface area contributed by atoms with Crippen LogP contribution in [0.3, 0.4) is 0 Å². The summed E-state index contributed by atoms with van der Waals surface area (Å²) in [5, 5.41) is 15.1. The molecule has 0 saturated carbocycles. The van der Waals surface area contributed by atoms with E-state index in [1.165, 1.54) is 12.1 Å². The molecule has 0 atom stereocenters. The van der Waals surface area contributed by atoms with Gasteiger partial charge in [0.15, 0.2) is 0 Å². The van der Waals surface area contributed by atoms with Gasteiger partial charge in [-0.05, 0) is 32.6 Å². The van der Waals surface area contributed by atoms with E-state index in [4.69, 9.17) is 4.74 Å². The summed E-state index contributed by atoms with van der Waals surface area (Å²) >= 11 is 0. The monoisotopic (exact) mass is 304 g/mol. The van der Waals surface area contributed by atoms with Crippen LogP contribution in [-0.2, 0) is 7.05 Å². The number of nitro groups is 1. The average Bonchev–Trinajstić information content (AvgIpc) is 2.89. The van der Waals surface area contributed by atoms with Gasteiger partial charge in [-0.1, -0.05) is 0 Å². The van der Waals surface area contributed by atoms with E-state index in [1.54, 1.807) is 24.0 Å². The van der Waals surface area contributed by atoms with Crippen molar-refractivity contribution in [2.45, 2.75) is 6.42 Å². The lowest BCUT2D eigenvalue weighted by Gasteiger charge is -2.13. The molecule has 0 aliphatic heterocycles. The summed E-state index contributed by atoms with van der Waals surface area (Å²) in [6.45, 7) is 1.48. The van der Waals surface area contributed by atoms with Crippen LogP contribution in [0.25, 0.3) is 11.3 Å². The third kappa shape index (κ3) is 3.82. The quantitative estimate of drug-likeness (QED) is 0.446. The Kier molecular flexibility index (Phi) is 5.11. The zero-order valence-corrected chi connectivity index (χ0v) is 13.0. The number of benzene rings is 1. The molecule has 0 radical (unpaired) electrons. The Morgan fingerprint density at radius 3 is 2.73 bits per heavy atom. The van der Waals surface area contributed by atoms with Crippen molar-refractivity contribution in [3.8, 4) is 17.0 Å². The topological polar surface area (TPSA) is 73.4 Å². The lowest BCUT2D eigenvalue weighted by atomic mass is 10.1. The Morgan fingerprint density at radius 1 is 1.36 bits per heavy atom. The molecule has 0 N–H and O–H groups in total. The summed E-state index contributed by atoms with van der Waals surface area (Å²) in [5.74, 6) is 0.632. The first-order valence-electron chi connectivity index (χ1n) is 7.03. The Bertz CT molecular complexity index is 652. The van der Waals surface area contributed by atoms with Crippen LogP contribution < -0.4 is 4.74 Å². The number of nitro benzene ring substituents is 1. The summed E-state index contributed by atoms with van der Waals surface area (Å²) < 4.78 is 7.48. The summed E-state index contributed by atoms with van der Waals surface area (Å²) in [6, 6.07) is 6.45. The molecule has 7 heteroatoms. The fourth-order valence-corrected chi connectivity index (χ4v) is 2.16. The van der Waals surface area contributed by atoms with Gasteiger partial charge in [0.2, 0.25) is 0 Å². The first kappa shape index (κ1) is 16.0. The molecule has 2 aromatic rings. The smallest absolute Gasteiger partial charge is 0.270 e. The summed E-state index contributed by atoms with van der Waals surface area (Å²) in [5.41, 5.74) is 1.50. The maximum absolute atomic E-state index is 11.0. The first-order valence-corrected chi connectivity index (χ1v) is 7.03. The number of aromatic nitrogens is 2. The Hall–Kier alpha value is -2.41. The fraction of sp³-hybridized carbons (Fsp3) is 0.400. The van der Waals surface area contributed by atoms with Crippen LogP contribution in [0, 0.1) is 10.1 Å². The van der Waals surface area contributed by atoms with Gasteiger partial charge in [0.25, 0.3) is 5.69 Å². The molecule has 1 heterocycles. The molecule has 0 aliphatic carbocycles. The van der Waals surface area contributed by atoms with Gasteiger partial charge >= 0.3 is 0 Å². The van der Waals surface area contributed by atoms with Gasteiger partial charge in [-0.25, -0.2) is 0 Å². The minimum Gasteiger partial charge on any atom is -0.493 e. The Labute approximate surface area is 129 Å². The van der Waals surface area contributed by atoms with Gasteiger partial charge in [0.1, 0.15) is 5.75 Å². The van der Waals surface area contributed by atoms with Crippen molar-refractivity contribution >= 4 is 5.69 Å². The SMILES string of the molecule is CN(C)CCCOc1ccc([N+](=O)[O-])cc1-c1ccnn1C. The molecular weight excluding hydrogens is 284 g/mol. The minimum atomic E-state index is -0.407. The normalized spacial score (nSPS) is 10.9. The lowest BCUT2D eigenvalue weighted by Crippen LogP contribution is -2.15. The van der Waals surface area contributed by atoms with Crippen LogP contribution >= 0.6 is 0 Å². The molecule has 118 valence electrons. The number of non-ortho nitro benzene ring substituents is 1. The van der Waals surface area contributed by atoms with Crippen molar-refractivity contribution < 1.29 is 9.66 Å². The third-order valence-electron chi connectivity index (χ3n) is 3.28. The fourth-order valence-electron chi connectivity index (χ4n) is 2.16. The summed E-state index contributed by atoms with van der Waals surface area (Å²) in [4.78, 5) is 12.7. The molecule has 7 nitrogen and oxygen atoms in total. The van der Waals surface area contributed by atoms with E-state index >= 15 is 0 Å². The molecule has 1 aromatic carbocycles. The zero-order chi connectivity index (χ0) is 16.1. The molecule has 0 bridgehead atoms.